The number of aliphatic hydroxyl groups excluding tert-OH is 3. The number of unbranched alkanes of at least 4 members (excludes halogenated alkanes) is 3. The lowest BCUT2D eigenvalue weighted by molar-refractivity contribution is -0.168. The lowest BCUT2D eigenvalue weighted by Gasteiger charge is -2.45. The molecule has 72 heavy (non-hydrogen) atoms. The normalized spacial score (nSPS) is 29.7. The first kappa shape index (κ1) is 55.7. The van der Waals surface area contributed by atoms with Crippen molar-refractivity contribution in [3.8, 4) is 5.75 Å². The van der Waals surface area contributed by atoms with Gasteiger partial charge in [0.15, 0.2) is 17.3 Å². The largest absolute Gasteiger partial charge is 0.465 e. The van der Waals surface area contributed by atoms with Crippen molar-refractivity contribution >= 4 is 74.5 Å². The summed E-state index contributed by atoms with van der Waals surface area (Å²) < 4.78 is 21.8. The number of nitrogens with zero attached hydrogens (tertiary/aromatic N) is 1. The number of nitrogens with two attached hydrogens (primary N) is 2. The van der Waals surface area contributed by atoms with Gasteiger partial charge in [0.1, 0.15) is 16.8 Å². The first-order chi connectivity index (χ1) is 34.2. The van der Waals surface area contributed by atoms with E-state index >= 15 is 4.79 Å². The Morgan fingerprint density at radius 2 is 1.60 bits per heavy atom. The number of rotatable bonds is 13. The van der Waals surface area contributed by atoms with E-state index < -0.39 is 174 Å². The number of nitrogens with one attached hydrogen (secondary N) is 6. The van der Waals surface area contributed by atoms with E-state index in [2.05, 4.69) is 31.6 Å². The number of H-pyrrole nitrogens is 1. The Kier molecular flexibility index (Phi) is 18.8. The third-order valence-electron chi connectivity index (χ3n) is 14.5. The summed E-state index contributed by atoms with van der Waals surface area (Å²) in [5.74, 6) is -13.2. The van der Waals surface area contributed by atoms with Crippen LogP contribution in [0.2, 0.25) is 0 Å². The summed E-state index contributed by atoms with van der Waals surface area (Å²) in [6, 6.07) is -1.38. The van der Waals surface area contributed by atoms with E-state index in [0.29, 0.717) is 37.6 Å². The van der Waals surface area contributed by atoms with E-state index in [-0.39, 0.29) is 54.1 Å². The van der Waals surface area contributed by atoms with Gasteiger partial charge in [-0.3, -0.25) is 47.4 Å². The Hall–Kier alpha value is -5.66. The van der Waals surface area contributed by atoms with Gasteiger partial charge in [-0.2, -0.15) is 0 Å². The molecule has 12 atom stereocenters. The van der Waals surface area contributed by atoms with E-state index in [9.17, 15) is 57.9 Å². The number of aromatic amines is 1. The molecule has 0 spiro atoms. The standard InChI is InChI=1S/C48H69N9O14S/c1-4-24(2)41-46(69)52-19-39(64)53-33-23-72(70)47-31-13-27(44(67)51-20-40(65)55-41)15-36(61)42(25(3)37(62)22-58)56-45(68)34-17-28(59)21-57(34)48(11-7-5-6-8-12-49,43(66)26(14-35(33)60)16-38(50)63)71-29-9-10-30(31)32(18-29)54-47/h9-10,18,24-28,33-34,37,41-42,54,58-59,62H,4-8,11-17,19-23,49H2,1-3H3,(H2,50,63)(H,51,67)(H,52,69)(H,53,64)(H,55,65)(H,56,68)/t24-,25-,26-,27?,28?,33?,34-,37-,41-,42-,48?,72+/m0/s1. The number of aromatic nitrogens is 1. The van der Waals surface area contributed by atoms with E-state index in [1.807, 2.05) is 0 Å². The van der Waals surface area contributed by atoms with Crippen molar-refractivity contribution in [2.75, 3.05) is 38.5 Å². The maximum atomic E-state index is 15.9. The van der Waals surface area contributed by atoms with Crippen LogP contribution < -0.4 is 42.8 Å². The number of ether oxygens (including phenoxy) is 1. The number of carbonyl (C=O) groups is 9. The molecule has 4 aliphatic rings. The Bertz CT molecular complexity index is 2430. The molecule has 0 aliphatic carbocycles. The number of aliphatic hydroxyl groups is 3. The summed E-state index contributed by atoms with van der Waals surface area (Å²) in [7, 11) is -2.28. The number of fused-ring (bicyclic) bond motifs is 7. The summed E-state index contributed by atoms with van der Waals surface area (Å²) in [5, 5.41) is 45.8. The van der Waals surface area contributed by atoms with Gasteiger partial charge in [-0.1, -0.05) is 40.0 Å². The molecule has 6 amide bonds. The summed E-state index contributed by atoms with van der Waals surface area (Å²) >= 11 is 0. The lowest BCUT2D eigenvalue weighted by atomic mass is 9.82. The summed E-state index contributed by atoms with van der Waals surface area (Å²) in [6.07, 6.45) is -3.59. The maximum absolute atomic E-state index is 15.9. The van der Waals surface area contributed by atoms with Crippen LogP contribution in [0.25, 0.3) is 10.9 Å². The van der Waals surface area contributed by atoms with Crippen LogP contribution in [-0.4, -0.2) is 163 Å². The predicted molar refractivity (Wildman–Crippen MR) is 258 cm³/mol. The lowest BCUT2D eigenvalue weighted by Crippen LogP contribution is -2.65. The zero-order valence-corrected chi connectivity index (χ0v) is 41.7. The van der Waals surface area contributed by atoms with Crippen LogP contribution in [0.4, 0.5) is 0 Å². The summed E-state index contributed by atoms with van der Waals surface area (Å²) in [6.45, 7) is 2.61. The summed E-state index contributed by atoms with van der Waals surface area (Å²) in [4.78, 5) is 133. The third-order valence-corrected chi connectivity index (χ3v) is 15.9. The number of hydrogen-bond acceptors (Lipinski definition) is 16. The molecule has 23 nitrogen and oxygen atoms in total. The fourth-order valence-corrected chi connectivity index (χ4v) is 11.6. The van der Waals surface area contributed by atoms with Crippen molar-refractivity contribution in [2.45, 2.75) is 139 Å². The van der Waals surface area contributed by atoms with Gasteiger partial charge in [-0.15, -0.1) is 0 Å². The van der Waals surface area contributed by atoms with Crippen LogP contribution >= 0.6 is 0 Å². The van der Waals surface area contributed by atoms with Crippen molar-refractivity contribution < 1.29 is 67.4 Å². The number of hydrogen-bond donors (Lipinski definition) is 11. The molecule has 4 unspecified atom stereocenters. The topological polar surface area (TPSA) is 372 Å². The van der Waals surface area contributed by atoms with Gasteiger partial charge in [0.2, 0.25) is 41.2 Å². The van der Waals surface area contributed by atoms with Gasteiger partial charge < -0.3 is 63.1 Å². The molecule has 24 heteroatoms. The van der Waals surface area contributed by atoms with Crippen LogP contribution in [0.1, 0.15) is 90.5 Å². The summed E-state index contributed by atoms with van der Waals surface area (Å²) in [5.41, 5.74) is 9.81. The first-order valence-corrected chi connectivity index (χ1v) is 26.0. The molecule has 0 saturated carbocycles. The molecular formula is C48H69N9O14S. The smallest absolute Gasteiger partial charge is 0.243 e. The zero-order valence-electron chi connectivity index (χ0n) is 40.9. The zero-order chi connectivity index (χ0) is 52.6. The minimum Gasteiger partial charge on any atom is -0.465 e. The molecule has 6 rings (SSSR count). The number of benzene rings is 1. The van der Waals surface area contributed by atoms with Gasteiger partial charge in [-0.05, 0) is 55.8 Å². The fourth-order valence-electron chi connectivity index (χ4n) is 10.2. The molecule has 1 saturated heterocycles. The highest BCUT2D eigenvalue weighted by molar-refractivity contribution is 7.85. The molecular weight excluding hydrogens is 959 g/mol. The Labute approximate surface area is 418 Å². The van der Waals surface area contributed by atoms with Gasteiger partial charge in [-0.25, -0.2) is 4.90 Å². The van der Waals surface area contributed by atoms with Crippen LogP contribution in [0.15, 0.2) is 23.2 Å². The number of carbonyl (C=O) groups excluding carboxylic acids is 9. The molecule has 5 heterocycles. The van der Waals surface area contributed by atoms with Gasteiger partial charge in [0, 0.05) is 61.4 Å². The SMILES string of the molecule is CC[C@H](C)[C@@H]1NC(=O)CNC(=O)C2CC(=O)[C@H]([C@@H](C)[C@@H](O)CO)NC(=O)[C@@H]3CC(O)CN3C3(CCCCCCN)Oc4ccc5c(c([nH]c5c4)[S@](=O)CC(NC(=O)CNC1=O)C(=O)C[C@@H](CC(N)=O)C3=O)C2. The highest BCUT2D eigenvalue weighted by atomic mass is 32.2. The second-order valence-corrected chi connectivity index (χ2v) is 21.0. The molecule has 0 radical (unpaired) electrons. The predicted octanol–water partition coefficient (Wildman–Crippen LogP) is -2.40. The second-order valence-electron chi connectivity index (χ2n) is 19.6. The average Bonchev–Trinajstić information content (AvgIpc) is 3.92. The number of amides is 6. The second kappa shape index (κ2) is 24.4. The van der Waals surface area contributed by atoms with E-state index in [4.69, 9.17) is 16.2 Å². The molecule has 8 bridgehead atoms. The number of primary amides is 1. The Morgan fingerprint density at radius 1 is 0.903 bits per heavy atom. The number of ketones is 3. The average molecular weight is 1030 g/mol. The van der Waals surface area contributed by atoms with Crippen molar-refractivity contribution in [3.05, 3.63) is 23.8 Å². The Balaban J connectivity index is 1.67. The van der Waals surface area contributed by atoms with Gasteiger partial charge >= 0.3 is 0 Å². The van der Waals surface area contributed by atoms with E-state index in [1.54, 1.807) is 19.9 Å². The van der Waals surface area contributed by atoms with Crippen LogP contribution in [0, 0.1) is 23.7 Å². The quantitative estimate of drug-likeness (QED) is 0.0932. The van der Waals surface area contributed by atoms with Crippen LogP contribution in [0.5, 0.6) is 5.75 Å². The highest BCUT2D eigenvalue weighted by Gasteiger charge is 2.56. The molecule has 13 N–H and O–H groups in total. The third kappa shape index (κ3) is 12.7. The molecule has 396 valence electrons. The molecule has 4 aliphatic heterocycles. The van der Waals surface area contributed by atoms with Crippen molar-refractivity contribution in [2.24, 2.45) is 35.1 Å². The van der Waals surface area contributed by atoms with E-state index in [0.717, 1.165) is 0 Å². The fraction of sp³-hybridized carbons (Fsp3) is 0.646. The van der Waals surface area contributed by atoms with Gasteiger partial charge in [0.05, 0.1) is 72.1 Å². The van der Waals surface area contributed by atoms with Gasteiger partial charge in [0.25, 0.3) is 0 Å². The van der Waals surface area contributed by atoms with Crippen LogP contribution in [0.3, 0.4) is 0 Å². The maximum Gasteiger partial charge on any atom is 0.243 e. The van der Waals surface area contributed by atoms with Crippen LogP contribution in [-0.2, 0) is 60.4 Å². The number of Topliss-reactive ketones (excluding diaryl/α,β-unsaturated/α-hetero) is 3. The first-order valence-electron chi connectivity index (χ1n) is 24.7. The Morgan fingerprint density at radius 3 is 2.28 bits per heavy atom. The van der Waals surface area contributed by atoms with Crippen molar-refractivity contribution in [1.29, 1.82) is 0 Å². The van der Waals surface area contributed by atoms with Crippen molar-refractivity contribution in [3.63, 3.8) is 0 Å². The molecule has 2 aromatic rings. The monoisotopic (exact) mass is 1030 g/mol. The highest BCUT2D eigenvalue weighted by Crippen LogP contribution is 2.41. The molecule has 1 aromatic carbocycles. The van der Waals surface area contributed by atoms with Crippen molar-refractivity contribution in [1.82, 2.24) is 36.5 Å². The minimum absolute atomic E-state index is 0.0262. The van der Waals surface area contributed by atoms with E-state index in [1.165, 1.54) is 24.0 Å². The molecule has 1 aromatic heterocycles. The molecule has 1 fully saturated rings. The minimum atomic E-state index is -2.28.